The fourth-order valence-electron chi connectivity index (χ4n) is 3.02. The van der Waals surface area contributed by atoms with Crippen molar-refractivity contribution >= 4 is 32.8 Å². The van der Waals surface area contributed by atoms with Crippen molar-refractivity contribution in [3.05, 3.63) is 24.3 Å². The number of hydrogen-bond donors (Lipinski definition) is 2. The predicted molar refractivity (Wildman–Crippen MR) is 89.7 cm³/mol. The van der Waals surface area contributed by atoms with Crippen LogP contribution >= 0.6 is 11.3 Å². The number of amides is 1. The highest BCUT2D eigenvalue weighted by molar-refractivity contribution is 7.22. The summed E-state index contributed by atoms with van der Waals surface area (Å²) in [5.41, 5.74) is 0.643. The lowest BCUT2D eigenvalue weighted by Gasteiger charge is -2.47. The molecule has 0 bridgehead atoms. The number of nitrogens with zero attached hydrogens (tertiary/aromatic N) is 2. The van der Waals surface area contributed by atoms with Crippen molar-refractivity contribution in [2.45, 2.75) is 51.2 Å². The fourth-order valence-corrected chi connectivity index (χ4v) is 3.96. The van der Waals surface area contributed by atoms with Gasteiger partial charge < -0.3 is 15.3 Å². The summed E-state index contributed by atoms with van der Waals surface area (Å²) >= 11 is 1.64. The number of carboxylic acid groups (broad SMARTS) is 1. The second kappa shape index (κ2) is 5.43. The van der Waals surface area contributed by atoms with E-state index in [1.54, 1.807) is 16.2 Å². The van der Waals surface area contributed by atoms with Gasteiger partial charge in [0.05, 0.1) is 10.2 Å². The summed E-state index contributed by atoms with van der Waals surface area (Å²) < 4.78 is 1.17. The zero-order valence-electron chi connectivity index (χ0n) is 13.0. The lowest BCUT2D eigenvalue weighted by atomic mass is 9.83. The second-order valence-corrected chi connectivity index (χ2v) is 7.81. The van der Waals surface area contributed by atoms with Gasteiger partial charge in [-0.25, -0.2) is 9.78 Å². The van der Waals surface area contributed by atoms with E-state index in [1.807, 2.05) is 39.0 Å². The van der Waals surface area contributed by atoms with Gasteiger partial charge in [0.15, 0.2) is 5.13 Å². The van der Waals surface area contributed by atoms with Crippen LogP contribution in [0, 0.1) is 0 Å². The van der Waals surface area contributed by atoms with Gasteiger partial charge in [0.2, 0.25) is 0 Å². The van der Waals surface area contributed by atoms with Crippen LogP contribution in [-0.4, -0.2) is 38.7 Å². The first-order valence-corrected chi connectivity index (χ1v) is 8.30. The second-order valence-electron chi connectivity index (χ2n) is 6.78. The summed E-state index contributed by atoms with van der Waals surface area (Å²) in [6.45, 7) is 5.82. The highest BCUT2D eigenvalue weighted by atomic mass is 32.1. The van der Waals surface area contributed by atoms with Crippen LogP contribution in [0.15, 0.2) is 24.3 Å². The Labute approximate surface area is 134 Å². The number of nitrogens with one attached hydrogen (secondary N) is 1. The lowest BCUT2D eigenvalue weighted by Crippen LogP contribution is -2.58. The molecule has 22 heavy (non-hydrogen) atoms. The third-order valence-electron chi connectivity index (χ3n) is 4.03. The molecular formula is C16H21N3O2S. The molecule has 0 saturated heterocycles. The van der Waals surface area contributed by atoms with E-state index in [4.69, 9.17) is 0 Å². The van der Waals surface area contributed by atoms with E-state index in [2.05, 4.69) is 16.4 Å². The maximum absolute atomic E-state index is 11.5. The Morgan fingerprint density at radius 1 is 1.36 bits per heavy atom. The van der Waals surface area contributed by atoms with E-state index < -0.39 is 6.09 Å². The first-order chi connectivity index (χ1) is 10.3. The van der Waals surface area contributed by atoms with Gasteiger partial charge in [-0.1, -0.05) is 23.5 Å². The molecule has 2 aromatic rings. The van der Waals surface area contributed by atoms with Gasteiger partial charge in [-0.05, 0) is 45.7 Å². The third kappa shape index (κ3) is 2.88. The Hall–Kier alpha value is -1.82. The van der Waals surface area contributed by atoms with E-state index in [1.165, 1.54) is 4.70 Å². The van der Waals surface area contributed by atoms with Crippen molar-refractivity contribution in [2.75, 3.05) is 5.32 Å². The van der Waals surface area contributed by atoms with Crippen molar-refractivity contribution < 1.29 is 9.90 Å². The molecule has 0 spiro atoms. The molecular weight excluding hydrogens is 298 g/mol. The van der Waals surface area contributed by atoms with Gasteiger partial charge in [0.25, 0.3) is 0 Å². The van der Waals surface area contributed by atoms with Crippen molar-refractivity contribution in [1.29, 1.82) is 0 Å². The minimum Gasteiger partial charge on any atom is -0.465 e. The van der Waals surface area contributed by atoms with Crippen molar-refractivity contribution in [3.8, 4) is 0 Å². The third-order valence-corrected chi connectivity index (χ3v) is 5.00. The highest BCUT2D eigenvalue weighted by Crippen LogP contribution is 2.34. The SMILES string of the molecule is CC(C)(C)N(C(=O)O)[C@H]1C[C@H](Nc2nc3ccccc3s2)C1. The Kier molecular flexibility index (Phi) is 3.72. The lowest BCUT2D eigenvalue weighted by molar-refractivity contribution is 0.0379. The molecule has 0 unspecified atom stereocenters. The van der Waals surface area contributed by atoms with Crippen LogP contribution in [0.4, 0.5) is 9.93 Å². The number of thiazole rings is 1. The number of aromatic nitrogens is 1. The van der Waals surface area contributed by atoms with Gasteiger partial charge in [0, 0.05) is 17.6 Å². The molecule has 0 radical (unpaired) electrons. The minimum atomic E-state index is -0.837. The smallest absolute Gasteiger partial charge is 0.407 e. The Morgan fingerprint density at radius 3 is 2.64 bits per heavy atom. The molecule has 1 aliphatic carbocycles. The molecule has 1 aromatic heterocycles. The quantitative estimate of drug-likeness (QED) is 0.897. The Morgan fingerprint density at radius 2 is 2.05 bits per heavy atom. The van der Waals surface area contributed by atoms with E-state index in [0.29, 0.717) is 6.04 Å². The van der Waals surface area contributed by atoms with Crippen LogP contribution in [0.5, 0.6) is 0 Å². The summed E-state index contributed by atoms with van der Waals surface area (Å²) in [6, 6.07) is 8.45. The van der Waals surface area contributed by atoms with Gasteiger partial charge >= 0.3 is 6.09 Å². The van der Waals surface area contributed by atoms with E-state index in [9.17, 15) is 9.90 Å². The van der Waals surface area contributed by atoms with Crippen molar-refractivity contribution in [2.24, 2.45) is 0 Å². The summed E-state index contributed by atoms with van der Waals surface area (Å²) in [7, 11) is 0. The average molecular weight is 319 g/mol. The van der Waals surface area contributed by atoms with Crippen LogP contribution in [0.3, 0.4) is 0 Å². The molecule has 0 aliphatic heterocycles. The van der Waals surface area contributed by atoms with E-state index in [0.717, 1.165) is 23.5 Å². The molecule has 118 valence electrons. The van der Waals surface area contributed by atoms with Crippen LogP contribution < -0.4 is 5.32 Å². The molecule has 1 saturated carbocycles. The van der Waals surface area contributed by atoms with Crippen molar-refractivity contribution in [3.63, 3.8) is 0 Å². The number of fused-ring (bicyclic) bond motifs is 1. The molecule has 2 N–H and O–H groups in total. The Bertz CT molecular complexity index is 653. The molecule has 0 atom stereocenters. The number of carbonyl (C=O) groups is 1. The van der Waals surface area contributed by atoms with Gasteiger partial charge in [-0.15, -0.1) is 0 Å². The van der Waals surface area contributed by atoms with Crippen LogP contribution in [0.25, 0.3) is 10.2 Å². The molecule has 1 aliphatic rings. The normalized spacial score (nSPS) is 21.4. The zero-order chi connectivity index (χ0) is 15.9. The number of benzene rings is 1. The van der Waals surface area contributed by atoms with E-state index >= 15 is 0 Å². The molecule has 1 aromatic carbocycles. The van der Waals surface area contributed by atoms with Crippen LogP contribution in [0.2, 0.25) is 0 Å². The number of para-hydroxylation sites is 1. The predicted octanol–water partition coefficient (Wildman–Crippen LogP) is 4.02. The molecule has 5 nitrogen and oxygen atoms in total. The maximum atomic E-state index is 11.5. The summed E-state index contributed by atoms with van der Waals surface area (Å²) in [5.74, 6) is 0. The maximum Gasteiger partial charge on any atom is 0.407 e. The van der Waals surface area contributed by atoms with Gasteiger partial charge in [-0.2, -0.15) is 0 Å². The molecule has 1 heterocycles. The Balaban J connectivity index is 1.62. The summed E-state index contributed by atoms with van der Waals surface area (Å²) in [6.07, 6.45) is 0.829. The first kappa shape index (κ1) is 15.1. The average Bonchev–Trinajstić information content (AvgIpc) is 2.76. The minimum absolute atomic E-state index is 0.0874. The fraction of sp³-hybridized carbons (Fsp3) is 0.500. The highest BCUT2D eigenvalue weighted by Gasteiger charge is 2.41. The van der Waals surface area contributed by atoms with Gasteiger partial charge in [0.1, 0.15) is 0 Å². The molecule has 1 amide bonds. The van der Waals surface area contributed by atoms with Crippen LogP contribution in [0.1, 0.15) is 33.6 Å². The summed E-state index contributed by atoms with van der Waals surface area (Å²) in [5, 5.41) is 13.8. The standard InChI is InChI=1S/C16H21N3O2S/c1-16(2,3)19(15(20)21)11-8-10(9-11)17-14-18-12-6-4-5-7-13(12)22-14/h4-7,10-11H,8-9H2,1-3H3,(H,17,18)(H,20,21)/t10-,11-. The molecule has 6 heteroatoms. The van der Waals surface area contributed by atoms with Crippen LogP contribution in [-0.2, 0) is 0 Å². The zero-order valence-corrected chi connectivity index (χ0v) is 13.9. The largest absolute Gasteiger partial charge is 0.465 e. The topological polar surface area (TPSA) is 65.5 Å². The molecule has 3 rings (SSSR count). The van der Waals surface area contributed by atoms with E-state index in [-0.39, 0.29) is 11.6 Å². The first-order valence-electron chi connectivity index (χ1n) is 7.49. The number of hydrogen-bond acceptors (Lipinski definition) is 4. The summed E-state index contributed by atoms with van der Waals surface area (Å²) in [4.78, 5) is 17.6. The van der Waals surface area contributed by atoms with Gasteiger partial charge in [-0.3, -0.25) is 0 Å². The number of rotatable bonds is 3. The number of anilines is 1. The monoisotopic (exact) mass is 319 g/mol. The molecule has 1 fully saturated rings. The van der Waals surface area contributed by atoms with Crippen molar-refractivity contribution in [1.82, 2.24) is 9.88 Å².